The molecule has 2 amide bonds. The maximum Gasteiger partial charge on any atom is 0.305 e. The Morgan fingerprint density at radius 1 is 1.20 bits per heavy atom. The van der Waals surface area contributed by atoms with Crippen LogP contribution >= 0.6 is 0 Å². The van der Waals surface area contributed by atoms with Gasteiger partial charge in [-0.2, -0.15) is 0 Å². The predicted molar refractivity (Wildman–Crippen MR) is 76.2 cm³/mol. The van der Waals surface area contributed by atoms with Crippen LogP contribution in [0.25, 0.3) is 0 Å². The van der Waals surface area contributed by atoms with Crippen LogP contribution in [0.4, 0.5) is 0 Å². The van der Waals surface area contributed by atoms with Gasteiger partial charge >= 0.3 is 5.97 Å². The van der Waals surface area contributed by atoms with Gasteiger partial charge in [-0.25, -0.2) is 0 Å². The van der Waals surface area contributed by atoms with Gasteiger partial charge in [0.2, 0.25) is 11.8 Å². The first-order valence-electron chi connectivity index (χ1n) is 6.83. The molecule has 0 aromatic carbocycles. The lowest BCUT2D eigenvalue weighted by Gasteiger charge is -2.31. The standard InChI is InChI=1S/C14H26N2O4/c1-7-16(9(2)8-11(17)18)12(19)10(3)15-13(20)14(4,5)6/h9-10H,7-8H2,1-6H3,(H,15,20)(H,17,18). The van der Waals surface area contributed by atoms with Crippen LogP contribution in [0.5, 0.6) is 0 Å². The normalized spacial score (nSPS) is 14.3. The van der Waals surface area contributed by atoms with Crippen molar-refractivity contribution >= 4 is 17.8 Å². The third-order valence-corrected chi connectivity index (χ3v) is 3.03. The van der Waals surface area contributed by atoms with Gasteiger partial charge in [-0.3, -0.25) is 14.4 Å². The molecule has 0 aliphatic carbocycles. The Balaban J connectivity index is 4.76. The monoisotopic (exact) mass is 286 g/mol. The molecule has 0 aromatic rings. The molecule has 0 aliphatic heterocycles. The summed E-state index contributed by atoms with van der Waals surface area (Å²) in [7, 11) is 0. The first kappa shape index (κ1) is 18.4. The highest BCUT2D eigenvalue weighted by atomic mass is 16.4. The van der Waals surface area contributed by atoms with Crippen LogP contribution in [-0.4, -0.2) is 46.4 Å². The molecule has 0 aliphatic rings. The van der Waals surface area contributed by atoms with Crippen molar-refractivity contribution in [2.75, 3.05) is 6.54 Å². The Morgan fingerprint density at radius 3 is 2.05 bits per heavy atom. The molecule has 2 atom stereocenters. The Bertz CT molecular complexity index is 374. The second-order valence-corrected chi connectivity index (χ2v) is 6.02. The molecule has 20 heavy (non-hydrogen) atoms. The summed E-state index contributed by atoms with van der Waals surface area (Å²) in [5.74, 6) is -1.42. The van der Waals surface area contributed by atoms with E-state index in [9.17, 15) is 14.4 Å². The van der Waals surface area contributed by atoms with Crippen molar-refractivity contribution in [3.63, 3.8) is 0 Å². The molecule has 2 N–H and O–H groups in total. The van der Waals surface area contributed by atoms with E-state index in [0.29, 0.717) is 6.54 Å². The molecule has 0 spiro atoms. The van der Waals surface area contributed by atoms with Crippen molar-refractivity contribution in [3.8, 4) is 0 Å². The number of likely N-dealkylation sites (N-methyl/N-ethyl adjacent to an activating group) is 1. The number of hydrogen-bond acceptors (Lipinski definition) is 3. The molecule has 0 fully saturated rings. The van der Waals surface area contributed by atoms with Gasteiger partial charge in [0.15, 0.2) is 0 Å². The molecule has 0 saturated carbocycles. The average molecular weight is 286 g/mol. The Hall–Kier alpha value is -1.59. The molecule has 2 unspecified atom stereocenters. The first-order valence-corrected chi connectivity index (χ1v) is 6.83. The second-order valence-electron chi connectivity index (χ2n) is 6.02. The lowest BCUT2D eigenvalue weighted by Crippen LogP contribution is -2.52. The predicted octanol–water partition coefficient (Wildman–Crippen LogP) is 1.25. The topological polar surface area (TPSA) is 86.7 Å². The van der Waals surface area contributed by atoms with Crippen molar-refractivity contribution in [2.24, 2.45) is 5.41 Å². The van der Waals surface area contributed by atoms with Crippen LogP contribution in [-0.2, 0) is 14.4 Å². The minimum absolute atomic E-state index is 0.112. The second kappa shape index (κ2) is 7.26. The minimum Gasteiger partial charge on any atom is -0.481 e. The fourth-order valence-corrected chi connectivity index (χ4v) is 1.77. The summed E-state index contributed by atoms with van der Waals surface area (Å²) in [5, 5.41) is 11.5. The highest BCUT2D eigenvalue weighted by Crippen LogP contribution is 2.14. The van der Waals surface area contributed by atoms with Crippen molar-refractivity contribution in [3.05, 3.63) is 0 Å². The molecule has 0 bridgehead atoms. The molecule has 6 heteroatoms. The maximum absolute atomic E-state index is 12.3. The molecule has 116 valence electrons. The van der Waals surface area contributed by atoms with E-state index < -0.39 is 23.5 Å². The van der Waals surface area contributed by atoms with Gasteiger partial charge in [-0.05, 0) is 20.8 Å². The molecule has 0 radical (unpaired) electrons. The van der Waals surface area contributed by atoms with Gasteiger partial charge in [-0.1, -0.05) is 20.8 Å². The fraction of sp³-hybridized carbons (Fsp3) is 0.786. The highest BCUT2D eigenvalue weighted by Gasteiger charge is 2.29. The third-order valence-electron chi connectivity index (χ3n) is 3.03. The van der Waals surface area contributed by atoms with Gasteiger partial charge in [0, 0.05) is 18.0 Å². The number of carboxylic acids is 1. The quantitative estimate of drug-likeness (QED) is 0.769. The molecule has 0 rings (SSSR count). The van der Waals surface area contributed by atoms with E-state index in [1.807, 2.05) is 0 Å². The van der Waals surface area contributed by atoms with Gasteiger partial charge < -0.3 is 15.3 Å². The van der Waals surface area contributed by atoms with Crippen molar-refractivity contribution < 1.29 is 19.5 Å². The van der Waals surface area contributed by atoms with Crippen LogP contribution in [0.1, 0.15) is 48.0 Å². The van der Waals surface area contributed by atoms with E-state index in [1.54, 1.807) is 41.5 Å². The summed E-state index contributed by atoms with van der Waals surface area (Å²) in [6.45, 7) is 10.8. The van der Waals surface area contributed by atoms with E-state index in [1.165, 1.54) is 4.90 Å². The molecule has 0 aromatic heterocycles. The Labute approximate surface area is 120 Å². The largest absolute Gasteiger partial charge is 0.481 e. The van der Waals surface area contributed by atoms with Crippen LogP contribution in [0.2, 0.25) is 0 Å². The van der Waals surface area contributed by atoms with E-state index in [-0.39, 0.29) is 18.2 Å². The zero-order chi connectivity index (χ0) is 16.1. The lowest BCUT2D eigenvalue weighted by molar-refractivity contribution is -0.143. The van der Waals surface area contributed by atoms with Crippen LogP contribution in [0.3, 0.4) is 0 Å². The number of carboxylic acid groups (broad SMARTS) is 1. The van der Waals surface area contributed by atoms with Gasteiger partial charge in [0.1, 0.15) is 6.04 Å². The third kappa shape index (κ3) is 5.59. The number of rotatable bonds is 6. The zero-order valence-corrected chi connectivity index (χ0v) is 13.2. The number of carbonyl (C=O) groups is 3. The molecular formula is C14H26N2O4. The number of hydrogen-bond donors (Lipinski definition) is 2. The molecular weight excluding hydrogens is 260 g/mol. The first-order chi connectivity index (χ1) is 9.00. The number of nitrogens with zero attached hydrogens (tertiary/aromatic N) is 1. The number of aliphatic carboxylic acids is 1. The summed E-state index contributed by atoms with van der Waals surface area (Å²) in [6.07, 6.45) is -0.112. The summed E-state index contributed by atoms with van der Waals surface area (Å²) in [5.41, 5.74) is -0.571. The summed E-state index contributed by atoms with van der Waals surface area (Å²) >= 11 is 0. The molecule has 6 nitrogen and oxygen atoms in total. The lowest BCUT2D eigenvalue weighted by atomic mass is 9.95. The van der Waals surface area contributed by atoms with E-state index >= 15 is 0 Å². The number of nitrogens with one attached hydrogen (secondary N) is 1. The Kier molecular flexibility index (Phi) is 6.68. The van der Waals surface area contributed by atoms with E-state index in [2.05, 4.69) is 5.32 Å². The van der Waals surface area contributed by atoms with Crippen LogP contribution < -0.4 is 5.32 Å². The van der Waals surface area contributed by atoms with Gasteiger partial charge in [0.05, 0.1) is 6.42 Å². The summed E-state index contributed by atoms with van der Waals surface area (Å²) in [4.78, 5) is 36.3. The summed E-state index contributed by atoms with van der Waals surface area (Å²) in [6, 6.07) is -1.07. The number of amides is 2. The van der Waals surface area contributed by atoms with Crippen LogP contribution in [0.15, 0.2) is 0 Å². The smallest absolute Gasteiger partial charge is 0.305 e. The molecule has 0 heterocycles. The SMILES string of the molecule is CCN(C(=O)C(C)NC(=O)C(C)(C)C)C(C)CC(=O)O. The minimum atomic E-state index is -0.949. The maximum atomic E-state index is 12.3. The van der Waals surface area contributed by atoms with Crippen molar-refractivity contribution in [2.45, 2.75) is 60.0 Å². The van der Waals surface area contributed by atoms with Gasteiger partial charge in [0.25, 0.3) is 0 Å². The van der Waals surface area contributed by atoms with Crippen molar-refractivity contribution in [1.82, 2.24) is 10.2 Å². The van der Waals surface area contributed by atoms with E-state index in [4.69, 9.17) is 5.11 Å². The van der Waals surface area contributed by atoms with Crippen molar-refractivity contribution in [1.29, 1.82) is 0 Å². The number of carbonyl (C=O) groups excluding carboxylic acids is 2. The van der Waals surface area contributed by atoms with Gasteiger partial charge in [-0.15, -0.1) is 0 Å². The van der Waals surface area contributed by atoms with Crippen LogP contribution in [0, 0.1) is 5.41 Å². The zero-order valence-electron chi connectivity index (χ0n) is 13.2. The fourth-order valence-electron chi connectivity index (χ4n) is 1.77. The molecule has 0 saturated heterocycles. The highest BCUT2D eigenvalue weighted by molar-refractivity contribution is 5.89. The average Bonchev–Trinajstić information content (AvgIpc) is 2.27. The Morgan fingerprint density at radius 2 is 1.70 bits per heavy atom. The summed E-state index contributed by atoms with van der Waals surface area (Å²) < 4.78 is 0. The van der Waals surface area contributed by atoms with E-state index in [0.717, 1.165) is 0 Å².